The zero-order valence-electron chi connectivity index (χ0n) is 16.2. The Morgan fingerprint density at radius 2 is 1.92 bits per heavy atom. The molecular weight excluding hydrogens is 328 g/mol. The van der Waals surface area contributed by atoms with E-state index in [0.29, 0.717) is 12.5 Å². The lowest BCUT2D eigenvalue weighted by Gasteiger charge is -2.35. The number of nitrogens with zero attached hydrogens (tertiary/aromatic N) is 4. The number of fused-ring (bicyclic) bond motifs is 1. The minimum absolute atomic E-state index is 0.0379. The van der Waals surface area contributed by atoms with Crippen molar-refractivity contribution in [2.24, 2.45) is 0 Å². The number of aryl methyl sites for hydroxylation is 1. The van der Waals surface area contributed by atoms with Crippen LogP contribution in [0.25, 0.3) is 5.65 Å². The van der Waals surface area contributed by atoms with Crippen molar-refractivity contribution in [3.8, 4) is 0 Å². The predicted octanol–water partition coefficient (Wildman–Crippen LogP) is 4.38. The number of aromatic nitrogens is 3. The molecule has 1 aliphatic heterocycles. The number of hydrogen-bond donors (Lipinski definition) is 0. The third-order valence-corrected chi connectivity index (χ3v) is 5.11. The van der Waals surface area contributed by atoms with Crippen LogP contribution in [0.4, 0.5) is 4.79 Å². The molecule has 6 nitrogen and oxygen atoms in total. The molecular formula is C20H28N4O2. The summed E-state index contributed by atoms with van der Waals surface area (Å²) in [7, 11) is 0. The molecule has 140 valence electrons. The maximum Gasteiger partial charge on any atom is 0.410 e. The Hall–Kier alpha value is -2.11. The van der Waals surface area contributed by atoms with Gasteiger partial charge in [0.05, 0.1) is 11.7 Å². The summed E-state index contributed by atoms with van der Waals surface area (Å²) in [6.07, 6.45) is 5.24. The Morgan fingerprint density at radius 3 is 2.62 bits per heavy atom. The number of piperidine rings is 1. The van der Waals surface area contributed by atoms with Crippen LogP contribution >= 0.6 is 0 Å². The fourth-order valence-electron chi connectivity index (χ4n) is 3.70. The number of ether oxygens (including phenoxy) is 1. The number of carbonyl (C=O) groups is 1. The van der Waals surface area contributed by atoms with Gasteiger partial charge in [0.1, 0.15) is 5.60 Å². The molecule has 1 saturated carbocycles. The summed E-state index contributed by atoms with van der Waals surface area (Å²) < 4.78 is 7.53. The van der Waals surface area contributed by atoms with Crippen molar-refractivity contribution in [2.75, 3.05) is 6.54 Å². The monoisotopic (exact) mass is 356 g/mol. The average Bonchev–Trinajstić information content (AvgIpc) is 3.32. The largest absolute Gasteiger partial charge is 0.444 e. The first kappa shape index (κ1) is 17.3. The predicted molar refractivity (Wildman–Crippen MR) is 99.2 cm³/mol. The van der Waals surface area contributed by atoms with E-state index in [4.69, 9.17) is 14.8 Å². The van der Waals surface area contributed by atoms with Crippen molar-refractivity contribution in [2.45, 2.75) is 77.4 Å². The van der Waals surface area contributed by atoms with E-state index < -0.39 is 5.60 Å². The van der Waals surface area contributed by atoms with Crippen LogP contribution in [0.15, 0.2) is 12.1 Å². The highest BCUT2D eigenvalue weighted by Crippen LogP contribution is 2.39. The highest BCUT2D eigenvalue weighted by atomic mass is 16.6. The number of hydrogen-bond acceptors (Lipinski definition) is 4. The van der Waals surface area contributed by atoms with Crippen molar-refractivity contribution >= 4 is 11.7 Å². The highest BCUT2D eigenvalue weighted by molar-refractivity contribution is 5.69. The molecule has 0 spiro atoms. The van der Waals surface area contributed by atoms with E-state index in [1.54, 1.807) is 0 Å². The second-order valence-corrected chi connectivity index (χ2v) is 8.62. The molecule has 1 aliphatic carbocycles. The summed E-state index contributed by atoms with van der Waals surface area (Å²) in [5, 5.41) is 4.79. The molecule has 2 aromatic heterocycles. The van der Waals surface area contributed by atoms with Crippen LogP contribution in [0.1, 0.15) is 81.9 Å². The van der Waals surface area contributed by atoms with Crippen LogP contribution in [0.3, 0.4) is 0 Å². The maximum absolute atomic E-state index is 12.7. The second-order valence-electron chi connectivity index (χ2n) is 8.62. The Bertz CT molecular complexity index is 832. The minimum Gasteiger partial charge on any atom is -0.444 e. The molecule has 2 fully saturated rings. The second kappa shape index (κ2) is 6.25. The first-order valence-electron chi connectivity index (χ1n) is 9.69. The Labute approximate surface area is 154 Å². The average molecular weight is 356 g/mol. The van der Waals surface area contributed by atoms with Crippen molar-refractivity contribution in [3.63, 3.8) is 0 Å². The third-order valence-electron chi connectivity index (χ3n) is 5.11. The molecule has 1 amide bonds. The van der Waals surface area contributed by atoms with Gasteiger partial charge in [0.25, 0.3) is 0 Å². The van der Waals surface area contributed by atoms with Crippen LogP contribution in [0, 0.1) is 6.92 Å². The van der Waals surface area contributed by atoms with Gasteiger partial charge in [-0.1, -0.05) is 0 Å². The van der Waals surface area contributed by atoms with E-state index in [1.165, 1.54) is 18.5 Å². The van der Waals surface area contributed by atoms with Gasteiger partial charge in [-0.15, -0.1) is 0 Å². The summed E-state index contributed by atoms with van der Waals surface area (Å²) in [5.74, 6) is 0.616. The van der Waals surface area contributed by atoms with Gasteiger partial charge in [-0.05, 0) is 65.9 Å². The van der Waals surface area contributed by atoms with E-state index in [0.717, 1.165) is 36.3 Å². The summed E-state index contributed by atoms with van der Waals surface area (Å²) in [6.45, 7) is 8.50. The summed E-state index contributed by atoms with van der Waals surface area (Å²) in [4.78, 5) is 19.3. The molecule has 6 heteroatoms. The van der Waals surface area contributed by atoms with Gasteiger partial charge < -0.3 is 4.74 Å². The SMILES string of the molecule is Cc1cc(C2CC2)nc2cc(C3CCCCN3C(=O)OC(C)(C)C)nn12. The lowest BCUT2D eigenvalue weighted by molar-refractivity contribution is 0.00898. The summed E-state index contributed by atoms with van der Waals surface area (Å²) in [6, 6.07) is 4.16. The van der Waals surface area contributed by atoms with Crippen molar-refractivity contribution < 1.29 is 9.53 Å². The van der Waals surface area contributed by atoms with Crippen molar-refractivity contribution in [1.29, 1.82) is 0 Å². The van der Waals surface area contributed by atoms with Crippen LogP contribution in [-0.4, -0.2) is 37.7 Å². The van der Waals surface area contributed by atoms with Gasteiger partial charge in [-0.2, -0.15) is 5.10 Å². The molecule has 2 aliphatic rings. The smallest absolute Gasteiger partial charge is 0.410 e. The molecule has 0 N–H and O–H groups in total. The highest BCUT2D eigenvalue weighted by Gasteiger charge is 2.33. The molecule has 0 aromatic carbocycles. The minimum atomic E-state index is -0.491. The van der Waals surface area contributed by atoms with Gasteiger partial charge >= 0.3 is 6.09 Å². The quantitative estimate of drug-likeness (QED) is 0.801. The number of rotatable bonds is 2. The fourth-order valence-corrected chi connectivity index (χ4v) is 3.70. The van der Waals surface area contributed by atoms with Crippen LogP contribution < -0.4 is 0 Å². The Morgan fingerprint density at radius 1 is 1.15 bits per heavy atom. The van der Waals surface area contributed by atoms with E-state index in [1.807, 2.05) is 36.3 Å². The molecule has 3 heterocycles. The van der Waals surface area contributed by atoms with E-state index in [2.05, 4.69) is 13.0 Å². The zero-order valence-corrected chi connectivity index (χ0v) is 16.2. The van der Waals surface area contributed by atoms with E-state index in [9.17, 15) is 4.79 Å². The first-order chi connectivity index (χ1) is 12.3. The van der Waals surface area contributed by atoms with Crippen LogP contribution in [0.5, 0.6) is 0 Å². The molecule has 0 radical (unpaired) electrons. The van der Waals surface area contributed by atoms with Gasteiger partial charge in [-0.3, -0.25) is 4.90 Å². The lowest BCUT2D eigenvalue weighted by Crippen LogP contribution is -2.42. The number of amides is 1. The Balaban J connectivity index is 1.65. The molecule has 1 saturated heterocycles. The lowest BCUT2D eigenvalue weighted by atomic mass is 10.00. The van der Waals surface area contributed by atoms with E-state index in [-0.39, 0.29) is 12.1 Å². The fraction of sp³-hybridized carbons (Fsp3) is 0.650. The standard InChI is InChI=1S/C20H28N4O2/c1-13-11-15(14-8-9-14)21-18-12-16(22-24(13)18)17-7-5-6-10-23(17)19(25)26-20(2,3)4/h11-12,14,17H,5-10H2,1-4H3. The summed E-state index contributed by atoms with van der Waals surface area (Å²) >= 11 is 0. The topological polar surface area (TPSA) is 59.7 Å². The van der Waals surface area contributed by atoms with Gasteiger partial charge in [0.15, 0.2) is 5.65 Å². The first-order valence-corrected chi connectivity index (χ1v) is 9.69. The Kier molecular flexibility index (Phi) is 4.16. The van der Waals surface area contributed by atoms with Gasteiger partial charge in [0.2, 0.25) is 0 Å². The van der Waals surface area contributed by atoms with Crippen molar-refractivity contribution in [1.82, 2.24) is 19.5 Å². The molecule has 26 heavy (non-hydrogen) atoms. The molecule has 4 rings (SSSR count). The number of likely N-dealkylation sites (tertiary alicyclic amines) is 1. The van der Waals surface area contributed by atoms with Crippen LogP contribution in [0.2, 0.25) is 0 Å². The molecule has 1 atom stereocenters. The molecule has 0 bridgehead atoms. The molecule has 2 aromatic rings. The maximum atomic E-state index is 12.7. The van der Waals surface area contributed by atoms with Gasteiger partial charge in [-0.25, -0.2) is 14.3 Å². The van der Waals surface area contributed by atoms with Crippen LogP contribution in [-0.2, 0) is 4.74 Å². The third kappa shape index (κ3) is 3.41. The normalized spacial score (nSPS) is 21.2. The van der Waals surface area contributed by atoms with Crippen molar-refractivity contribution in [3.05, 3.63) is 29.2 Å². The number of carbonyl (C=O) groups excluding carboxylic acids is 1. The zero-order chi connectivity index (χ0) is 18.5. The van der Waals surface area contributed by atoms with E-state index >= 15 is 0 Å². The summed E-state index contributed by atoms with van der Waals surface area (Å²) in [5.41, 5.74) is 3.59. The van der Waals surface area contributed by atoms with Gasteiger partial charge in [0, 0.05) is 29.9 Å². The molecule has 1 unspecified atom stereocenters.